The van der Waals surface area contributed by atoms with Gasteiger partial charge in [-0.3, -0.25) is 0 Å². The van der Waals surface area contributed by atoms with Crippen LogP contribution in [0.2, 0.25) is 0 Å². The molecule has 3 heterocycles. The topological polar surface area (TPSA) is 41.5 Å². The van der Waals surface area contributed by atoms with Gasteiger partial charge in [-0.25, -0.2) is 0 Å². The zero-order chi connectivity index (χ0) is 11.4. The zero-order valence-corrected chi connectivity index (χ0v) is 9.70. The summed E-state index contributed by atoms with van der Waals surface area (Å²) >= 11 is 0. The van der Waals surface area contributed by atoms with Crippen molar-refractivity contribution in [1.29, 1.82) is 0 Å². The van der Waals surface area contributed by atoms with Crippen LogP contribution in [0.15, 0.2) is 18.2 Å². The first-order valence-electron chi connectivity index (χ1n) is 6.04. The van der Waals surface area contributed by atoms with Gasteiger partial charge >= 0.3 is 0 Å². The molecule has 1 atom stereocenters. The maximum atomic E-state index is 8.86. The normalized spacial score (nSPS) is 21.2. The Morgan fingerprint density at radius 3 is 2.44 bits per heavy atom. The highest BCUT2D eigenvalue weighted by atomic mass is 16.5. The molecule has 1 aromatic carbocycles. The van der Waals surface area contributed by atoms with E-state index in [4.69, 9.17) is 9.84 Å². The number of nitrogens with one attached hydrogen (secondary N) is 1. The molecule has 3 nitrogen and oxygen atoms in total. The van der Waals surface area contributed by atoms with Gasteiger partial charge in [0, 0.05) is 6.04 Å². The second-order valence-corrected chi connectivity index (χ2v) is 4.26. The fourth-order valence-electron chi connectivity index (χ4n) is 2.01. The molecule has 0 aromatic heterocycles. The number of rotatable bonds is 1. The highest BCUT2D eigenvalue weighted by molar-refractivity contribution is 5.59. The van der Waals surface area contributed by atoms with Crippen molar-refractivity contribution in [3.05, 3.63) is 18.2 Å². The summed E-state index contributed by atoms with van der Waals surface area (Å²) < 4.78 is 4.89. The van der Waals surface area contributed by atoms with Crippen LogP contribution in [0, 0.1) is 0 Å². The van der Waals surface area contributed by atoms with Crippen molar-refractivity contribution in [1.82, 2.24) is 5.32 Å². The van der Waals surface area contributed by atoms with Crippen LogP contribution in [-0.4, -0.2) is 17.7 Å². The average molecular weight is 221 g/mol. The number of para-hydroxylation sites is 1. The Hall–Kier alpha value is -1.22. The predicted molar refractivity (Wildman–Crippen MR) is 64.1 cm³/mol. The summed E-state index contributed by atoms with van der Waals surface area (Å²) in [5.74, 6) is 1.46. The number of hydrogen-bond donors (Lipinski definition) is 2. The lowest BCUT2D eigenvalue weighted by atomic mass is 10.0. The van der Waals surface area contributed by atoms with Crippen LogP contribution < -0.4 is 10.1 Å². The molecule has 2 bridgehead atoms. The number of phenolic OH excluding ortho intramolecular Hbond substituents is 1. The predicted octanol–water partition coefficient (Wildman–Crippen LogP) is 3.04. The van der Waals surface area contributed by atoms with Crippen LogP contribution in [0.4, 0.5) is 0 Å². The molecule has 1 unspecified atom stereocenters. The van der Waals surface area contributed by atoms with Gasteiger partial charge < -0.3 is 15.2 Å². The van der Waals surface area contributed by atoms with Crippen LogP contribution in [0.3, 0.4) is 0 Å². The molecule has 4 rings (SSSR count). The molecule has 1 aromatic rings. The van der Waals surface area contributed by atoms with E-state index in [2.05, 4.69) is 12.2 Å². The fourth-order valence-corrected chi connectivity index (χ4v) is 2.01. The van der Waals surface area contributed by atoms with Gasteiger partial charge in [-0.15, -0.1) is 0 Å². The van der Waals surface area contributed by atoms with Gasteiger partial charge in [0.15, 0.2) is 11.5 Å². The molecule has 0 saturated carbocycles. The van der Waals surface area contributed by atoms with E-state index in [1.54, 1.807) is 12.1 Å². The van der Waals surface area contributed by atoms with E-state index < -0.39 is 0 Å². The van der Waals surface area contributed by atoms with Crippen molar-refractivity contribution >= 4 is 0 Å². The summed E-state index contributed by atoms with van der Waals surface area (Å²) in [4.78, 5) is 0. The molecular formula is C13H19NO2. The van der Waals surface area contributed by atoms with E-state index >= 15 is 0 Å². The summed E-state index contributed by atoms with van der Waals surface area (Å²) in [5.41, 5.74) is 0. The molecule has 1 saturated heterocycles. The summed E-state index contributed by atoms with van der Waals surface area (Å²) in [6.07, 6.45) is 5.53. The second kappa shape index (κ2) is 5.21. The third-order valence-electron chi connectivity index (χ3n) is 3.09. The minimum Gasteiger partial charge on any atom is -0.502 e. The first kappa shape index (κ1) is 11.3. The Labute approximate surface area is 96.4 Å². The molecule has 3 aliphatic rings. The number of ether oxygens (including phenoxy) is 1. The molecule has 0 spiro atoms. The molecule has 88 valence electrons. The largest absolute Gasteiger partial charge is 0.502 e. The van der Waals surface area contributed by atoms with Gasteiger partial charge in [-0.05, 0) is 37.9 Å². The summed E-state index contributed by atoms with van der Waals surface area (Å²) in [6.45, 7) is 3.50. The van der Waals surface area contributed by atoms with Gasteiger partial charge in [0.05, 0.1) is 0 Å². The van der Waals surface area contributed by atoms with E-state index in [1.807, 2.05) is 6.07 Å². The van der Waals surface area contributed by atoms with E-state index in [0.29, 0.717) is 11.5 Å². The molecule has 16 heavy (non-hydrogen) atoms. The van der Waals surface area contributed by atoms with Crippen LogP contribution >= 0.6 is 0 Å². The summed E-state index contributed by atoms with van der Waals surface area (Å²) in [6, 6.07) is 6.13. The van der Waals surface area contributed by atoms with Gasteiger partial charge in [-0.1, -0.05) is 19.4 Å². The Kier molecular flexibility index (Phi) is 3.67. The Bertz CT molecular complexity index is 326. The van der Waals surface area contributed by atoms with E-state index in [0.717, 1.165) is 6.04 Å². The van der Waals surface area contributed by atoms with Gasteiger partial charge in [-0.2, -0.15) is 0 Å². The molecule has 0 radical (unpaired) electrons. The van der Waals surface area contributed by atoms with Gasteiger partial charge in [0.2, 0.25) is 5.75 Å². The van der Waals surface area contributed by atoms with E-state index in [-0.39, 0.29) is 5.75 Å². The lowest BCUT2D eigenvalue weighted by Crippen LogP contribution is -2.32. The maximum Gasteiger partial charge on any atom is 0.202 e. The van der Waals surface area contributed by atoms with E-state index in [1.165, 1.54) is 32.2 Å². The summed E-state index contributed by atoms with van der Waals surface area (Å²) in [5, 5.41) is 12.3. The van der Waals surface area contributed by atoms with E-state index in [9.17, 15) is 0 Å². The molecule has 0 amide bonds. The van der Waals surface area contributed by atoms with Crippen LogP contribution in [-0.2, 0) is 0 Å². The number of benzene rings is 1. The summed E-state index contributed by atoms with van der Waals surface area (Å²) in [7, 11) is 0. The van der Waals surface area contributed by atoms with Gasteiger partial charge in [0.1, 0.15) is 0 Å². The molecule has 2 N–H and O–H groups in total. The maximum absolute atomic E-state index is 8.86. The number of fused-ring (bicyclic) bond motifs is 2. The minimum absolute atomic E-state index is 0.285. The van der Waals surface area contributed by atoms with Crippen molar-refractivity contribution in [3.63, 3.8) is 0 Å². The molecule has 0 aliphatic carbocycles. The second-order valence-electron chi connectivity index (χ2n) is 4.26. The third-order valence-corrected chi connectivity index (χ3v) is 3.09. The molecule has 1 fully saturated rings. The number of phenols is 1. The monoisotopic (exact) mass is 221 g/mol. The van der Waals surface area contributed by atoms with Crippen LogP contribution in [0.1, 0.15) is 32.6 Å². The lowest BCUT2D eigenvalue weighted by Gasteiger charge is -2.21. The SMILES string of the molecule is CCC1CCCCN1.Oc1c2cccc1O2. The minimum atomic E-state index is 0.285. The van der Waals surface area contributed by atoms with Crippen LogP contribution in [0.25, 0.3) is 0 Å². The molecule has 3 aliphatic heterocycles. The quantitative estimate of drug-likeness (QED) is 0.777. The number of hydrogen-bond acceptors (Lipinski definition) is 3. The standard InChI is InChI=1S/C7H15N.C6H4O2/c1-2-7-5-3-4-6-8-7;7-6-4-2-1-3-5(6)8-4/h7-8H,2-6H2,1H3;1-3,7H. The third kappa shape index (κ3) is 2.47. The highest BCUT2D eigenvalue weighted by Crippen LogP contribution is 2.47. The smallest absolute Gasteiger partial charge is 0.202 e. The van der Waals surface area contributed by atoms with Crippen molar-refractivity contribution in [2.75, 3.05) is 6.54 Å². The van der Waals surface area contributed by atoms with Crippen molar-refractivity contribution < 1.29 is 9.84 Å². The lowest BCUT2D eigenvalue weighted by molar-refractivity contribution is 0.334. The van der Waals surface area contributed by atoms with Crippen molar-refractivity contribution in [2.45, 2.75) is 38.6 Å². The Morgan fingerprint density at radius 1 is 1.38 bits per heavy atom. The van der Waals surface area contributed by atoms with Gasteiger partial charge in [0.25, 0.3) is 0 Å². The number of piperidine rings is 1. The number of aromatic hydroxyl groups is 1. The fraction of sp³-hybridized carbons (Fsp3) is 0.538. The van der Waals surface area contributed by atoms with Crippen LogP contribution in [0.5, 0.6) is 17.2 Å². The molecular weight excluding hydrogens is 202 g/mol. The first-order valence-corrected chi connectivity index (χ1v) is 6.04. The Morgan fingerprint density at radius 2 is 2.12 bits per heavy atom. The highest BCUT2D eigenvalue weighted by Gasteiger charge is 2.18. The Balaban J connectivity index is 0.000000120. The zero-order valence-electron chi connectivity index (χ0n) is 9.70. The average Bonchev–Trinajstić information content (AvgIpc) is 2.40. The first-order chi connectivity index (χ1) is 7.81. The van der Waals surface area contributed by atoms with Crippen molar-refractivity contribution in [3.8, 4) is 17.2 Å². The molecule has 3 heteroatoms. The van der Waals surface area contributed by atoms with Crippen molar-refractivity contribution in [2.24, 2.45) is 0 Å².